The highest BCUT2D eigenvalue weighted by Gasteiger charge is 2.43. The van der Waals surface area contributed by atoms with E-state index in [9.17, 15) is 4.79 Å². The van der Waals surface area contributed by atoms with Crippen LogP contribution in [0.15, 0.2) is 0 Å². The third-order valence-corrected chi connectivity index (χ3v) is 4.47. The van der Waals surface area contributed by atoms with Gasteiger partial charge in [-0.2, -0.15) is 0 Å². The quantitative estimate of drug-likeness (QED) is 0.789. The van der Waals surface area contributed by atoms with Crippen LogP contribution in [-0.2, 0) is 9.53 Å². The maximum atomic E-state index is 12.2. The maximum Gasteiger partial charge on any atom is 0.241 e. The van der Waals surface area contributed by atoms with Crippen LogP contribution in [0, 0.1) is 5.92 Å². The molecule has 0 aromatic carbocycles. The zero-order chi connectivity index (χ0) is 12.5. The second-order valence-electron chi connectivity index (χ2n) is 5.50. The van der Waals surface area contributed by atoms with E-state index in [1.807, 2.05) is 4.90 Å². The van der Waals surface area contributed by atoms with E-state index in [2.05, 4.69) is 19.2 Å². The van der Waals surface area contributed by atoms with Gasteiger partial charge in [0.05, 0.1) is 24.9 Å². The molecule has 0 spiro atoms. The number of carbonyl (C=O) groups excluding carboxylic acids is 1. The number of ether oxygens (including phenoxy) is 1. The summed E-state index contributed by atoms with van der Waals surface area (Å²) in [5.41, 5.74) is -0.0539. The van der Waals surface area contributed by atoms with Crippen LogP contribution in [0.3, 0.4) is 0 Å². The Morgan fingerprint density at radius 3 is 2.76 bits per heavy atom. The van der Waals surface area contributed by atoms with Crippen molar-refractivity contribution in [2.24, 2.45) is 5.92 Å². The number of carbonyl (C=O) groups is 1. The highest BCUT2D eigenvalue weighted by Crippen LogP contribution is 2.36. The molecule has 2 fully saturated rings. The summed E-state index contributed by atoms with van der Waals surface area (Å²) >= 11 is 0. The van der Waals surface area contributed by atoms with E-state index in [1.165, 1.54) is 6.42 Å². The van der Waals surface area contributed by atoms with Gasteiger partial charge in [-0.25, -0.2) is 0 Å². The van der Waals surface area contributed by atoms with E-state index in [1.54, 1.807) is 7.11 Å². The maximum absolute atomic E-state index is 12.2. The molecule has 1 heterocycles. The fraction of sp³-hybridized carbons (Fsp3) is 0.923. The molecule has 2 rings (SSSR count). The Morgan fingerprint density at radius 2 is 2.29 bits per heavy atom. The van der Waals surface area contributed by atoms with Gasteiger partial charge in [-0.15, -0.1) is 0 Å². The van der Waals surface area contributed by atoms with Crippen molar-refractivity contribution in [1.29, 1.82) is 0 Å². The van der Waals surface area contributed by atoms with Crippen LogP contribution >= 0.6 is 0 Å². The SMILES string of the molecule is CCC(C)C1NCN(CC2(OC)CCC2)C1=O. The predicted molar refractivity (Wildman–Crippen MR) is 66.5 cm³/mol. The molecule has 0 bridgehead atoms. The van der Waals surface area contributed by atoms with Crippen LogP contribution in [0.1, 0.15) is 39.5 Å². The number of rotatable bonds is 5. The highest BCUT2D eigenvalue weighted by atomic mass is 16.5. The topological polar surface area (TPSA) is 41.6 Å². The fourth-order valence-electron chi connectivity index (χ4n) is 2.73. The lowest BCUT2D eigenvalue weighted by Gasteiger charge is -2.42. The molecule has 1 aliphatic carbocycles. The molecule has 4 nitrogen and oxygen atoms in total. The average Bonchev–Trinajstić information content (AvgIpc) is 2.64. The summed E-state index contributed by atoms with van der Waals surface area (Å²) in [6.07, 6.45) is 4.42. The molecule has 4 heteroatoms. The van der Waals surface area contributed by atoms with Crippen molar-refractivity contribution in [2.45, 2.75) is 51.2 Å². The lowest BCUT2D eigenvalue weighted by Crippen LogP contribution is -2.50. The minimum absolute atomic E-state index is 0.00832. The van der Waals surface area contributed by atoms with Crippen molar-refractivity contribution in [3.8, 4) is 0 Å². The Labute approximate surface area is 104 Å². The minimum Gasteiger partial charge on any atom is -0.376 e. The lowest BCUT2D eigenvalue weighted by molar-refractivity contribution is -0.138. The van der Waals surface area contributed by atoms with Crippen molar-refractivity contribution in [3.63, 3.8) is 0 Å². The minimum atomic E-state index is -0.0539. The van der Waals surface area contributed by atoms with Crippen molar-refractivity contribution < 1.29 is 9.53 Å². The van der Waals surface area contributed by atoms with E-state index < -0.39 is 0 Å². The summed E-state index contributed by atoms with van der Waals surface area (Å²) in [6, 6.07) is 0.00832. The monoisotopic (exact) mass is 240 g/mol. The largest absolute Gasteiger partial charge is 0.376 e. The number of nitrogens with one attached hydrogen (secondary N) is 1. The summed E-state index contributed by atoms with van der Waals surface area (Å²) in [7, 11) is 1.76. The summed E-state index contributed by atoms with van der Waals surface area (Å²) in [5.74, 6) is 0.662. The Morgan fingerprint density at radius 1 is 1.59 bits per heavy atom. The molecule has 0 radical (unpaired) electrons. The predicted octanol–water partition coefficient (Wildman–Crippen LogP) is 1.36. The molecule has 2 atom stereocenters. The van der Waals surface area contributed by atoms with Crippen LogP contribution in [0.4, 0.5) is 0 Å². The van der Waals surface area contributed by atoms with Crippen molar-refractivity contribution in [3.05, 3.63) is 0 Å². The van der Waals surface area contributed by atoms with Crippen molar-refractivity contribution >= 4 is 5.91 Å². The van der Waals surface area contributed by atoms with Crippen molar-refractivity contribution in [2.75, 3.05) is 20.3 Å². The Bertz CT molecular complexity index is 284. The molecule has 1 saturated heterocycles. The van der Waals surface area contributed by atoms with Gasteiger partial charge >= 0.3 is 0 Å². The number of hydrogen-bond acceptors (Lipinski definition) is 3. The van der Waals surface area contributed by atoms with Gasteiger partial charge in [-0.05, 0) is 25.2 Å². The van der Waals surface area contributed by atoms with E-state index >= 15 is 0 Å². The van der Waals surface area contributed by atoms with Crippen LogP contribution in [-0.4, -0.2) is 42.8 Å². The van der Waals surface area contributed by atoms with Gasteiger partial charge in [-0.1, -0.05) is 20.3 Å². The van der Waals surface area contributed by atoms with Gasteiger partial charge in [0.1, 0.15) is 0 Å². The first kappa shape index (κ1) is 12.8. The molecule has 0 aromatic rings. The standard InChI is InChI=1S/C13H24N2O2/c1-4-10(2)11-12(16)15(9-14-11)8-13(17-3)6-5-7-13/h10-11,14H,4-9H2,1-3H3. The second-order valence-corrected chi connectivity index (χ2v) is 5.50. The molecule has 98 valence electrons. The van der Waals surface area contributed by atoms with E-state index in [-0.39, 0.29) is 17.6 Å². The molecule has 1 N–H and O–H groups in total. The van der Waals surface area contributed by atoms with Crippen molar-refractivity contribution in [1.82, 2.24) is 10.2 Å². The van der Waals surface area contributed by atoms with Crippen LogP contribution in [0.25, 0.3) is 0 Å². The molecule has 2 aliphatic rings. The number of methoxy groups -OCH3 is 1. The molecule has 0 aromatic heterocycles. The Hall–Kier alpha value is -0.610. The molecular formula is C13H24N2O2. The molecular weight excluding hydrogens is 216 g/mol. The van der Waals surface area contributed by atoms with Gasteiger partial charge < -0.3 is 9.64 Å². The van der Waals surface area contributed by atoms with Gasteiger partial charge in [0, 0.05) is 7.11 Å². The third kappa shape index (κ3) is 2.33. The molecule has 1 aliphatic heterocycles. The molecule has 1 saturated carbocycles. The van der Waals surface area contributed by atoms with E-state index in [4.69, 9.17) is 4.74 Å². The Kier molecular flexibility index (Phi) is 3.73. The zero-order valence-electron chi connectivity index (χ0n) is 11.2. The molecule has 2 unspecified atom stereocenters. The van der Waals surface area contributed by atoms with Gasteiger partial charge in [0.2, 0.25) is 5.91 Å². The third-order valence-electron chi connectivity index (χ3n) is 4.47. The van der Waals surface area contributed by atoms with Crippen LogP contribution < -0.4 is 5.32 Å². The fourth-order valence-corrected chi connectivity index (χ4v) is 2.73. The summed E-state index contributed by atoms with van der Waals surface area (Å²) in [5, 5.41) is 3.32. The smallest absolute Gasteiger partial charge is 0.241 e. The number of nitrogens with zero attached hydrogens (tertiary/aromatic N) is 1. The van der Waals surface area contributed by atoms with E-state index in [0.29, 0.717) is 12.6 Å². The number of amides is 1. The van der Waals surface area contributed by atoms with Crippen LogP contribution in [0.5, 0.6) is 0 Å². The average molecular weight is 240 g/mol. The summed E-state index contributed by atoms with van der Waals surface area (Å²) < 4.78 is 5.58. The normalized spacial score (nSPS) is 29.2. The van der Waals surface area contributed by atoms with Gasteiger partial charge in [-0.3, -0.25) is 10.1 Å². The first-order valence-corrected chi connectivity index (χ1v) is 6.69. The summed E-state index contributed by atoms with van der Waals surface area (Å²) in [6.45, 7) is 5.70. The first-order chi connectivity index (χ1) is 8.12. The first-order valence-electron chi connectivity index (χ1n) is 6.69. The van der Waals surface area contributed by atoms with Gasteiger partial charge in [0.25, 0.3) is 0 Å². The zero-order valence-corrected chi connectivity index (χ0v) is 11.2. The van der Waals surface area contributed by atoms with Gasteiger partial charge in [0.15, 0.2) is 0 Å². The lowest BCUT2D eigenvalue weighted by atomic mass is 9.79. The second kappa shape index (κ2) is 4.94. The Balaban J connectivity index is 1.93. The summed E-state index contributed by atoms with van der Waals surface area (Å²) in [4.78, 5) is 14.2. The van der Waals surface area contributed by atoms with E-state index in [0.717, 1.165) is 25.8 Å². The molecule has 1 amide bonds. The molecule has 17 heavy (non-hydrogen) atoms. The highest BCUT2D eigenvalue weighted by molar-refractivity contribution is 5.84. The van der Waals surface area contributed by atoms with Crippen LogP contribution in [0.2, 0.25) is 0 Å². The number of hydrogen-bond donors (Lipinski definition) is 1.